The molecule has 0 unspecified atom stereocenters. The van der Waals surface area contributed by atoms with Crippen LogP contribution in [0.3, 0.4) is 0 Å². The Labute approximate surface area is 232 Å². The van der Waals surface area contributed by atoms with Gasteiger partial charge < -0.3 is 23.7 Å². The Kier molecular flexibility index (Phi) is 14.8. The van der Waals surface area contributed by atoms with Gasteiger partial charge in [0.1, 0.15) is 13.2 Å². The molecule has 0 aliphatic heterocycles. The number of hydrogen-bond acceptors (Lipinski definition) is 15. The number of ether oxygens (including phenoxy) is 5. The number of nitrogens with zero attached hydrogens (tertiary/aromatic N) is 4. The normalized spacial score (nSPS) is 9.76. The zero-order valence-corrected chi connectivity index (χ0v) is 21.4. The van der Waals surface area contributed by atoms with Gasteiger partial charge in [0, 0.05) is 0 Å². The van der Waals surface area contributed by atoms with Crippen molar-refractivity contribution < 1.29 is 52.5 Å². The first-order chi connectivity index (χ1) is 20.0. The van der Waals surface area contributed by atoms with Crippen LogP contribution in [0, 0.1) is 0 Å². The highest BCUT2D eigenvalue weighted by Gasteiger charge is 2.15. The van der Waals surface area contributed by atoms with E-state index in [9.17, 15) is 28.8 Å². The van der Waals surface area contributed by atoms with Crippen LogP contribution < -0.4 is 0 Å². The third-order valence-electron chi connectivity index (χ3n) is 4.75. The van der Waals surface area contributed by atoms with Crippen LogP contribution in [0.15, 0.2) is 56.4 Å². The molecular formula is C26H22N4O11. The number of isocyanates is 4. The molecule has 0 N–H and O–H groups in total. The molecule has 0 fully saturated rings. The predicted octanol–water partition coefficient (Wildman–Crippen LogP) is 2.62. The fraction of sp³-hybridized carbons (Fsp3) is 0.308. The first kappa shape index (κ1) is 32.0. The molecule has 0 aliphatic carbocycles. The molecule has 0 atom stereocenters. The van der Waals surface area contributed by atoms with Crippen LogP contribution in [-0.4, -0.2) is 89.1 Å². The van der Waals surface area contributed by atoms with E-state index in [2.05, 4.69) is 20.0 Å². The molecule has 0 amide bonds. The van der Waals surface area contributed by atoms with Crippen molar-refractivity contribution in [3.05, 3.63) is 47.5 Å². The summed E-state index contributed by atoms with van der Waals surface area (Å²) in [6.07, 6.45) is 5.33. The first-order valence-electron chi connectivity index (χ1n) is 11.7. The SMILES string of the molecule is O=C=Nc1ccc(C(=O)OCCOCCOCCOCCOC(=O)c2ccc(N=C=O)cc2N=C=O)c(N=C=O)c1. The standard InChI is InChI=1S/C26H22N4O11/c31-15-27-19-1-3-21(23(13-19)29-17-33)25(35)40-11-9-38-7-5-37-6-8-39-10-12-41-26(36)22-4-2-20(28-16-32)14-24(22)30-18-34/h1-4,13-14H,5-12H2. The summed E-state index contributed by atoms with van der Waals surface area (Å²) in [7, 11) is 0. The fourth-order valence-corrected chi connectivity index (χ4v) is 3.00. The number of carbonyl (C=O) groups excluding carboxylic acids is 6. The molecule has 2 aromatic carbocycles. The lowest BCUT2D eigenvalue weighted by Gasteiger charge is -2.09. The van der Waals surface area contributed by atoms with Crippen molar-refractivity contribution in [1.29, 1.82) is 0 Å². The van der Waals surface area contributed by atoms with Gasteiger partial charge >= 0.3 is 11.9 Å². The second kappa shape index (κ2) is 18.9. The zero-order chi connectivity index (χ0) is 29.7. The summed E-state index contributed by atoms with van der Waals surface area (Å²) in [5, 5.41) is 0. The van der Waals surface area contributed by atoms with Crippen LogP contribution in [0.5, 0.6) is 0 Å². The summed E-state index contributed by atoms with van der Waals surface area (Å²) in [4.78, 5) is 79.9. The monoisotopic (exact) mass is 566 g/mol. The van der Waals surface area contributed by atoms with Gasteiger partial charge in [-0.1, -0.05) is 0 Å². The molecule has 0 aromatic heterocycles. The van der Waals surface area contributed by atoms with E-state index < -0.39 is 11.9 Å². The third kappa shape index (κ3) is 11.6. The Balaban J connectivity index is 1.55. The summed E-state index contributed by atoms with van der Waals surface area (Å²) in [5.41, 5.74) is 0.213. The molecule has 0 aliphatic rings. The number of aliphatic imine (C=N–C) groups is 4. The Hall–Kier alpha value is -5.22. The summed E-state index contributed by atoms with van der Waals surface area (Å²) in [6, 6.07) is 7.84. The molecule has 0 heterocycles. The van der Waals surface area contributed by atoms with Gasteiger partial charge in [-0.15, -0.1) is 0 Å². The Morgan fingerprint density at radius 1 is 0.512 bits per heavy atom. The molecule has 15 nitrogen and oxygen atoms in total. The number of hydrogen-bond donors (Lipinski definition) is 0. The van der Waals surface area contributed by atoms with Crippen LogP contribution in [0.1, 0.15) is 20.7 Å². The van der Waals surface area contributed by atoms with Gasteiger partial charge in [-0.2, -0.15) is 20.0 Å². The minimum absolute atomic E-state index is 0.00642. The van der Waals surface area contributed by atoms with E-state index >= 15 is 0 Å². The van der Waals surface area contributed by atoms with E-state index in [0.29, 0.717) is 0 Å². The van der Waals surface area contributed by atoms with Gasteiger partial charge in [0.05, 0.1) is 73.5 Å². The van der Waals surface area contributed by atoms with E-state index in [1.54, 1.807) is 0 Å². The second-order valence-corrected chi connectivity index (χ2v) is 7.32. The van der Waals surface area contributed by atoms with Crippen LogP contribution in [0.2, 0.25) is 0 Å². The topological polar surface area (TPSA) is 198 Å². The van der Waals surface area contributed by atoms with Gasteiger partial charge in [0.15, 0.2) is 0 Å². The van der Waals surface area contributed by atoms with Gasteiger partial charge in [-0.25, -0.2) is 28.8 Å². The average molecular weight is 566 g/mol. The summed E-state index contributed by atoms with van der Waals surface area (Å²) >= 11 is 0. The number of benzene rings is 2. The van der Waals surface area contributed by atoms with Crippen molar-refractivity contribution >= 4 is 59.0 Å². The number of rotatable bonds is 18. The summed E-state index contributed by atoms with van der Waals surface area (Å²) < 4.78 is 26.1. The average Bonchev–Trinajstić information content (AvgIpc) is 2.96. The first-order valence-corrected chi connectivity index (χ1v) is 11.7. The number of esters is 2. The van der Waals surface area contributed by atoms with Crippen molar-refractivity contribution in [2.24, 2.45) is 20.0 Å². The van der Waals surface area contributed by atoms with E-state index in [1.165, 1.54) is 60.7 Å². The molecule has 0 saturated carbocycles. The van der Waals surface area contributed by atoms with Crippen molar-refractivity contribution in [2.75, 3.05) is 52.9 Å². The van der Waals surface area contributed by atoms with Crippen LogP contribution in [0.4, 0.5) is 22.7 Å². The highest BCUT2D eigenvalue weighted by Crippen LogP contribution is 2.26. The maximum atomic E-state index is 12.2. The van der Waals surface area contributed by atoms with Gasteiger partial charge in [0.25, 0.3) is 0 Å². The van der Waals surface area contributed by atoms with Crippen molar-refractivity contribution in [3.8, 4) is 0 Å². The Morgan fingerprint density at radius 2 is 0.854 bits per heavy atom. The molecule has 15 heteroatoms. The van der Waals surface area contributed by atoms with E-state index in [4.69, 9.17) is 23.7 Å². The van der Waals surface area contributed by atoms with E-state index in [1.807, 2.05) is 0 Å². The van der Waals surface area contributed by atoms with Gasteiger partial charge in [-0.3, -0.25) is 0 Å². The molecular weight excluding hydrogens is 544 g/mol. The zero-order valence-electron chi connectivity index (χ0n) is 21.4. The quantitative estimate of drug-likeness (QED) is 0.111. The Bertz CT molecular complexity index is 1300. The minimum atomic E-state index is -0.750. The molecule has 212 valence electrons. The molecule has 41 heavy (non-hydrogen) atoms. The highest BCUT2D eigenvalue weighted by molar-refractivity contribution is 5.96. The lowest BCUT2D eigenvalue weighted by atomic mass is 10.1. The predicted molar refractivity (Wildman–Crippen MR) is 137 cm³/mol. The van der Waals surface area contributed by atoms with Gasteiger partial charge in [0.2, 0.25) is 24.3 Å². The largest absolute Gasteiger partial charge is 0.460 e. The van der Waals surface area contributed by atoms with E-state index in [0.717, 1.165) is 0 Å². The summed E-state index contributed by atoms with van der Waals surface area (Å²) in [5.74, 6) is -1.50. The number of carbonyl (C=O) groups is 2. The molecule has 2 rings (SSSR count). The molecule has 0 spiro atoms. The van der Waals surface area contributed by atoms with Crippen molar-refractivity contribution in [2.45, 2.75) is 0 Å². The second-order valence-electron chi connectivity index (χ2n) is 7.32. The third-order valence-corrected chi connectivity index (χ3v) is 4.75. The van der Waals surface area contributed by atoms with Crippen LogP contribution in [-0.2, 0) is 42.9 Å². The highest BCUT2D eigenvalue weighted by atomic mass is 16.6. The molecule has 2 aromatic rings. The van der Waals surface area contributed by atoms with Gasteiger partial charge in [-0.05, 0) is 36.4 Å². The van der Waals surface area contributed by atoms with Crippen LogP contribution in [0.25, 0.3) is 0 Å². The Morgan fingerprint density at radius 3 is 1.20 bits per heavy atom. The lowest BCUT2D eigenvalue weighted by molar-refractivity contribution is -0.00671. The lowest BCUT2D eigenvalue weighted by Crippen LogP contribution is -2.15. The maximum absolute atomic E-state index is 12.2. The molecule has 0 radical (unpaired) electrons. The van der Waals surface area contributed by atoms with Crippen LogP contribution >= 0.6 is 0 Å². The fourth-order valence-electron chi connectivity index (χ4n) is 3.00. The summed E-state index contributed by atoms with van der Waals surface area (Å²) in [6.45, 7) is 0.958. The minimum Gasteiger partial charge on any atom is -0.460 e. The molecule has 0 bridgehead atoms. The van der Waals surface area contributed by atoms with E-state index in [-0.39, 0.29) is 86.7 Å². The molecule has 0 saturated heterocycles. The van der Waals surface area contributed by atoms with Crippen molar-refractivity contribution in [3.63, 3.8) is 0 Å². The van der Waals surface area contributed by atoms with Crippen molar-refractivity contribution in [1.82, 2.24) is 0 Å². The smallest absolute Gasteiger partial charge is 0.340 e. The maximum Gasteiger partial charge on any atom is 0.340 e.